The number of fused-ring (bicyclic) bond motifs is 1. The number of nitrogens with zero attached hydrogens (tertiary/aromatic N) is 1. The fourth-order valence-electron chi connectivity index (χ4n) is 1.24. The van der Waals surface area contributed by atoms with Crippen molar-refractivity contribution < 1.29 is 9.53 Å². The topological polar surface area (TPSA) is 39.2 Å². The summed E-state index contributed by atoms with van der Waals surface area (Å²) in [6.07, 6.45) is 1.79. The first-order chi connectivity index (χ1) is 6.70. The van der Waals surface area contributed by atoms with Crippen molar-refractivity contribution in [1.82, 2.24) is 4.98 Å². The summed E-state index contributed by atoms with van der Waals surface area (Å²) in [5.74, 6) is -0.300. The molecule has 0 aliphatic carbocycles. The zero-order chi connectivity index (χ0) is 10.1. The Kier molecular flexibility index (Phi) is 2.21. The van der Waals surface area contributed by atoms with Gasteiger partial charge in [0, 0.05) is 11.6 Å². The lowest BCUT2D eigenvalue weighted by Crippen LogP contribution is -1.96. The Hall–Kier alpha value is -1.42. The van der Waals surface area contributed by atoms with E-state index < -0.39 is 0 Å². The first-order valence-electron chi connectivity index (χ1n) is 4.15. The molecule has 2 rings (SSSR count). The van der Waals surface area contributed by atoms with Crippen molar-refractivity contribution in [1.29, 1.82) is 0 Å². The maximum Gasteiger partial charge on any atom is 0.348 e. The Labute approximate surface area is 85.3 Å². The summed E-state index contributed by atoms with van der Waals surface area (Å²) in [5.41, 5.74) is 1.09. The summed E-state index contributed by atoms with van der Waals surface area (Å²) >= 11 is 1.35. The summed E-state index contributed by atoms with van der Waals surface area (Å²) in [6.45, 7) is 1.97. The molecule has 0 radical (unpaired) electrons. The van der Waals surface area contributed by atoms with E-state index in [1.165, 1.54) is 18.4 Å². The van der Waals surface area contributed by atoms with Gasteiger partial charge in [-0.1, -0.05) is 0 Å². The largest absolute Gasteiger partial charge is 0.465 e. The van der Waals surface area contributed by atoms with Gasteiger partial charge in [0.25, 0.3) is 0 Å². The van der Waals surface area contributed by atoms with Gasteiger partial charge in [-0.25, -0.2) is 9.78 Å². The van der Waals surface area contributed by atoms with E-state index >= 15 is 0 Å². The van der Waals surface area contributed by atoms with E-state index in [-0.39, 0.29) is 5.97 Å². The Morgan fingerprint density at radius 1 is 1.50 bits per heavy atom. The highest BCUT2D eigenvalue weighted by Gasteiger charge is 2.10. The highest BCUT2D eigenvalue weighted by atomic mass is 32.1. The average Bonchev–Trinajstić information content (AvgIpc) is 2.59. The van der Waals surface area contributed by atoms with Crippen LogP contribution in [0.1, 0.15) is 15.2 Å². The third-order valence-electron chi connectivity index (χ3n) is 1.90. The number of thiophene rings is 1. The van der Waals surface area contributed by atoms with E-state index in [0.29, 0.717) is 4.88 Å². The van der Waals surface area contributed by atoms with Crippen LogP contribution in [0, 0.1) is 6.92 Å². The lowest BCUT2D eigenvalue weighted by molar-refractivity contribution is 0.0606. The van der Waals surface area contributed by atoms with E-state index in [1.54, 1.807) is 6.20 Å². The second-order valence-electron chi connectivity index (χ2n) is 3.01. The van der Waals surface area contributed by atoms with Crippen molar-refractivity contribution in [2.45, 2.75) is 6.92 Å². The van der Waals surface area contributed by atoms with Gasteiger partial charge in [0.1, 0.15) is 9.71 Å². The molecule has 0 spiro atoms. The molecule has 0 aromatic carbocycles. The number of esters is 1. The monoisotopic (exact) mass is 207 g/mol. The molecule has 0 atom stereocenters. The van der Waals surface area contributed by atoms with Gasteiger partial charge in [-0.05, 0) is 24.6 Å². The van der Waals surface area contributed by atoms with Crippen LogP contribution in [0.4, 0.5) is 0 Å². The molecule has 72 valence electrons. The van der Waals surface area contributed by atoms with Crippen molar-refractivity contribution in [2.75, 3.05) is 7.11 Å². The molecule has 0 N–H and O–H groups in total. The van der Waals surface area contributed by atoms with Crippen molar-refractivity contribution in [3.63, 3.8) is 0 Å². The lowest BCUT2D eigenvalue weighted by atomic mass is 10.2. The van der Waals surface area contributed by atoms with E-state index in [2.05, 4.69) is 9.72 Å². The number of methoxy groups -OCH3 is 1. The average molecular weight is 207 g/mol. The van der Waals surface area contributed by atoms with Gasteiger partial charge >= 0.3 is 5.97 Å². The standard InChI is InChI=1S/C10H9NO2S/c1-6-3-7-4-8(10(12)13-2)14-9(7)11-5-6/h3-5H,1-2H3. The highest BCUT2D eigenvalue weighted by Crippen LogP contribution is 2.24. The number of hydrogen-bond donors (Lipinski definition) is 0. The quantitative estimate of drug-likeness (QED) is 0.674. The fraction of sp³-hybridized carbons (Fsp3) is 0.200. The van der Waals surface area contributed by atoms with E-state index in [1.807, 2.05) is 19.1 Å². The Morgan fingerprint density at radius 3 is 3.00 bits per heavy atom. The van der Waals surface area contributed by atoms with Crippen LogP contribution in [0.5, 0.6) is 0 Å². The van der Waals surface area contributed by atoms with Crippen LogP contribution in [-0.2, 0) is 4.74 Å². The van der Waals surface area contributed by atoms with Crippen molar-refractivity contribution in [3.8, 4) is 0 Å². The Morgan fingerprint density at radius 2 is 2.29 bits per heavy atom. The van der Waals surface area contributed by atoms with Crippen LogP contribution in [-0.4, -0.2) is 18.1 Å². The number of rotatable bonds is 1. The molecule has 0 unspecified atom stereocenters. The van der Waals surface area contributed by atoms with E-state index in [4.69, 9.17) is 0 Å². The molecular formula is C10H9NO2S. The number of pyridine rings is 1. The van der Waals surface area contributed by atoms with Gasteiger partial charge in [0.2, 0.25) is 0 Å². The van der Waals surface area contributed by atoms with Gasteiger partial charge in [-0.3, -0.25) is 0 Å². The Balaban J connectivity index is 2.56. The molecule has 0 aliphatic heterocycles. The molecular weight excluding hydrogens is 198 g/mol. The second-order valence-corrected chi connectivity index (χ2v) is 4.04. The van der Waals surface area contributed by atoms with E-state index in [9.17, 15) is 4.79 Å². The predicted octanol–water partition coefficient (Wildman–Crippen LogP) is 2.39. The smallest absolute Gasteiger partial charge is 0.348 e. The minimum atomic E-state index is -0.300. The molecule has 2 aromatic rings. The van der Waals surface area contributed by atoms with Gasteiger partial charge in [0.05, 0.1) is 7.11 Å². The third kappa shape index (κ3) is 1.48. The summed E-state index contributed by atoms with van der Waals surface area (Å²) in [5, 5.41) is 0.996. The predicted molar refractivity (Wildman–Crippen MR) is 55.7 cm³/mol. The first kappa shape index (κ1) is 9.15. The van der Waals surface area contributed by atoms with Crippen LogP contribution in [0.15, 0.2) is 18.3 Å². The van der Waals surface area contributed by atoms with Crippen LogP contribution in [0.3, 0.4) is 0 Å². The van der Waals surface area contributed by atoms with Gasteiger partial charge in [-0.15, -0.1) is 11.3 Å². The summed E-state index contributed by atoms with van der Waals surface area (Å²) in [4.78, 5) is 16.9. The van der Waals surface area contributed by atoms with Gasteiger partial charge < -0.3 is 4.74 Å². The normalized spacial score (nSPS) is 10.4. The van der Waals surface area contributed by atoms with Crippen molar-refractivity contribution in [2.24, 2.45) is 0 Å². The number of aromatic nitrogens is 1. The molecule has 0 saturated carbocycles. The maximum atomic E-state index is 11.2. The number of carbonyl (C=O) groups excluding carboxylic acids is 1. The molecule has 0 aliphatic rings. The van der Waals surface area contributed by atoms with Crippen molar-refractivity contribution in [3.05, 3.63) is 28.8 Å². The number of aryl methyl sites for hydroxylation is 1. The van der Waals surface area contributed by atoms with E-state index in [0.717, 1.165) is 15.8 Å². The molecule has 4 heteroatoms. The third-order valence-corrected chi connectivity index (χ3v) is 2.93. The molecule has 0 fully saturated rings. The van der Waals surface area contributed by atoms with Crippen LogP contribution in [0.25, 0.3) is 10.2 Å². The molecule has 2 aromatic heterocycles. The number of ether oxygens (including phenoxy) is 1. The zero-order valence-electron chi connectivity index (χ0n) is 7.90. The molecule has 0 saturated heterocycles. The second kappa shape index (κ2) is 3.38. The lowest BCUT2D eigenvalue weighted by Gasteiger charge is -1.90. The Bertz CT molecular complexity index is 490. The maximum absolute atomic E-state index is 11.2. The summed E-state index contributed by atoms with van der Waals surface area (Å²) in [6, 6.07) is 3.82. The molecule has 14 heavy (non-hydrogen) atoms. The van der Waals surface area contributed by atoms with Crippen LogP contribution < -0.4 is 0 Å². The SMILES string of the molecule is COC(=O)c1cc2cc(C)cnc2s1. The summed E-state index contributed by atoms with van der Waals surface area (Å²) < 4.78 is 4.64. The highest BCUT2D eigenvalue weighted by molar-refractivity contribution is 7.20. The zero-order valence-corrected chi connectivity index (χ0v) is 8.72. The minimum Gasteiger partial charge on any atom is -0.465 e. The molecule has 3 nitrogen and oxygen atoms in total. The molecule has 2 heterocycles. The first-order valence-corrected chi connectivity index (χ1v) is 4.97. The molecule has 0 bridgehead atoms. The number of hydrogen-bond acceptors (Lipinski definition) is 4. The van der Waals surface area contributed by atoms with Crippen LogP contribution >= 0.6 is 11.3 Å². The molecule has 0 amide bonds. The van der Waals surface area contributed by atoms with Crippen LogP contribution in [0.2, 0.25) is 0 Å². The summed E-state index contributed by atoms with van der Waals surface area (Å²) in [7, 11) is 1.38. The minimum absolute atomic E-state index is 0.300. The fourth-order valence-corrected chi connectivity index (χ4v) is 2.15. The van der Waals surface area contributed by atoms with Gasteiger partial charge in [0.15, 0.2) is 0 Å². The van der Waals surface area contributed by atoms with Gasteiger partial charge in [-0.2, -0.15) is 0 Å². The van der Waals surface area contributed by atoms with Crippen molar-refractivity contribution >= 4 is 27.5 Å². The number of carbonyl (C=O) groups is 1.